The number of carbonyl (C=O) groups is 1. The second-order valence-electron chi connectivity index (χ2n) is 5.02. The van der Waals surface area contributed by atoms with Crippen LogP contribution < -0.4 is 5.32 Å². The summed E-state index contributed by atoms with van der Waals surface area (Å²) >= 11 is 0. The van der Waals surface area contributed by atoms with Gasteiger partial charge in [-0.2, -0.15) is 0 Å². The number of rotatable bonds is 4. The van der Waals surface area contributed by atoms with Gasteiger partial charge in [-0.25, -0.2) is 4.79 Å². The van der Waals surface area contributed by atoms with Crippen molar-refractivity contribution in [3.05, 3.63) is 78.6 Å². The number of methoxy groups -OCH3 is 1. The molecule has 0 unspecified atom stereocenters. The van der Waals surface area contributed by atoms with Crippen LogP contribution in [0.15, 0.2) is 73.1 Å². The van der Waals surface area contributed by atoms with E-state index in [9.17, 15) is 4.79 Å². The molecule has 0 spiro atoms. The van der Waals surface area contributed by atoms with Gasteiger partial charge in [0, 0.05) is 23.8 Å². The summed E-state index contributed by atoms with van der Waals surface area (Å²) in [5.41, 5.74) is 4.48. The molecule has 0 saturated heterocycles. The van der Waals surface area contributed by atoms with Crippen LogP contribution in [0, 0.1) is 0 Å². The molecule has 0 saturated carbocycles. The van der Waals surface area contributed by atoms with Crippen molar-refractivity contribution in [2.24, 2.45) is 0 Å². The van der Waals surface area contributed by atoms with Gasteiger partial charge in [-0.3, -0.25) is 4.98 Å². The molecule has 2 aromatic carbocycles. The van der Waals surface area contributed by atoms with Crippen molar-refractivity contribution in [2.45, 2.75) is 0 Å². The normalized spacial score (nSPS) is 10.1. The predicted octanol–water partition coefficient (Wildman–Crippen LogP) is 4.28. The van der Waals surface area contributed by atoms with Crippen LogP contribution in [0.1, 0.15) is 10.4 Å². The number of esters is 1. The lowest BCUT2D eigenvalue weighted by Crippen LogP contribution is -2.01. The predicted molar refractivity (Wildman–Crippen MR) is 90.7 cm³/mol. The highest BCUT2D eigenvalue weighted by molar-refractivity contribution is 5.90. The SMILES string of the molecule is COC(=O)c1cccc(Nc2ccc(-c3cccnc3)cc2)c1. The lowest BCUT2D eigenvalue weighted by atomic mass is 10.1. The highest BCUT2D eigenvalue weighted by Gasteiger charge is 2.05. The molecule has 1 heterocycles. The minimum Gasteiger partial charge on any atom is -0.465 e. The van der Waals surface area contributed by atoms with Crippen LogP contribution in [0.3, 0.4) is 0 Å². The number of ether oxygens (including phenoxy) is 1. The quantitative estimate of drug-likeness (QED) is 0.731. The summed E-state index contributed by atoms with van der Waals surface area (Å²) < 4.78 is 4.73. The molecule has 1 N–H and O–H groups in total. The van der Waals surface area contributed by atoms with Crippen molar-refractivity contribution >= 4 is 17.3 Å². The van der Waals surface area contributed by atoms with Crippen molar-refractivity contribution in [1.29, 1.82) is 0 Å². The van der Waals surface area contributed by atoms with Crippen LogP contribution in [0.25, 0.3) is 11.1 Å². The highest BCUT2D eigenvalue weighted by atomic mass is 16.5. The summed E-state index contributed by atoms with van der Waals surface area (Å²) in [7, 11) is 1.37. The van der Waals surface area contributed by atoms with E-state index in [2.05, 4.69) is 10.3 Å². The Morgan fingerprint density at radius 1 is 0.957 bits per heavy atom. The van der Waals surface area contributed by atoms with Gasteiger partial charge in [-0.15, -0.1) is 0 Å². The van der Waals surface area contributed by atoms with Crippen LogP contribution in [-0.4, -0.2) is 18.1 Å². The van der Waals surface area contributed by atoms with E-state index < -0.39 is 0 Å². The number of benzene rings is 2. The average Bonchev–Trinajstić information content (AvgIpc) is 2.62. The van der Waals surface area contributed by atoms with Gasteiger partial charge >= 0.3 is 5.97 Å². The summed E-state index contributed by atoms with van der Waals surface area (Å²) in [5.74, 6) is -0.347. The molecular formula is C19H16N2O2. The summed E-state index contributed by atoms with van der Waals surface area (Å²) in [4.78, 5) is 15.7. The third kappa shape index (κ3) is 3.55. The summed E-state index contributed by atoms with van der Waals surface area (Å²) in [6, 6.07) is 19.2. The van der Waals surface area contributed by atoms with Crippen molar-refractivity contribution in [3.8, 4) is 11.1 Å². The van der Waals surface area contributed by atoms with Crippen molar-refractivity contribution < 1.29 is 9.53 Å². The molecule has 1 aromatic heterocycles. The number of nitrogens with zero attached hydrogens (tertiary/aromatic N) is 1. The molecule has 0 aliphatic carbocycles. The fourth-order valence-corrected chi connectivity index (χ4v) is 2.29. The third-order valence-corrected chi connectivity index (χ3v) is 3.45. The molecule has 0 atom stereocenters. The zero-order valence-electron chi connectivity index (χ0n) is 12.7. The number of nitrogens with one attached hydrogen (secondary N) is 1. The van der Waals surface area contributed by atoms with Crippen molar-refractivity contribution in [1.82, 2.24) is 4.98 Å². The number of pyridine rings is 1. The first-order valence-electron chi connectivity index (χ1n) is 7.22. The molecule has 23 heavy (non-hydrogen) atoms. The van der Waals surface area contributed by atoms with Gasteiger partial charge in [0.2, 0.25) is 0 Å². The molecule has 0 radical (unpaired) electrons. The second-order valence-corrected chi connectivity index (χ2v) is 5.02. The topological polar surface area (TPSA) is 51.2 Å². The first-order chi connectivity index (χ1) is 11.3. The minimum absolute atomic E-state index is 0.347. The Morgan fingerprint density at radius 3 is 2.48 bits per heavy atom. The average molecular weight is 304 g/mol. The van der Waals surface area contributed by atoms with Gasteiger partial charge in [0.25, 0.3) is 0 Å². The van der Waals surface area contributed by atoms with Crippen LogP contribution in [-0.2, 0) is 4.74 Å². The van der Waals surface area contributed by atoms with E-state index in [0.29, 0.717) is 5.56 Å². The van der Waals surface area contributed by atoms with E-state index in [1.54, 1.807) is 18.3 Å². The maximum atomic E-state index is 11.6. The molecule has 4 nitrogen and oxygen atoms in total. The van der Waals surface area contributed by atoms with Crippen LogP contribution >= 0.6 is 0 Å². The van der Waals surface area contributed by atoms with Crippen LogP contribution in [0.5, 0.6) is 0 Å². The Kier molecular flexibility index (Phi) is 4.34. The largest absolute Gasteiger partial charge is 0.465 e. The Morgan fingerprint density at radius 2 is 1.78 bits per heavy atom. The van der Waals surface area contributed by atoms with Crippen molar-refractivity contribution in [2.75, 3.05) is 12.4 Å². The molecule has 0 aliphatic heterocycles. The number of hydrogen-bond donors (Lipinski definition) is 1. The van der Waals surface area contributed by atoms with E-state index in [1.165, 1.54) is 7.11 Å². The van der Waals surface area contributed by atoms with E-state index in [1.807, 2.05) is 54.7 Å². The maximum Gasteiger partial charge on any atom is 0.337 e. The van der Waals surface area contributed by atoms with Crippen molar-refractivity contribution in [3.63, 3.8) is 0 Å². The molecule has 0 amide bonds. The number of aromatic nitrogens is 1. The third-order valence-electron chi connectivity index (χ3n) is 3.45. The molecule has 4 heteroatoms. The van der Waals surface area contributed by atoms with Gasteiger partial charge in [-0.05, 0) is 47.5 Å². The molecule has 0 bridgehead atoms. The summed E-state index contributed by atoms with van der Waals surface area (Å²) in [6.07, 6.45) is 3.59. The van der Waals surface area contributed by atoms with E-state index in [4.69, 9.17) is 4.74 Å². The fourth-order valence-electron chi connectivity index (χ4n) is 2.29. The van der Waals surface area contributed by atoms with Gasteiger partial charge in [-0.1, -0.05) is 24.3 Å². The minimum atomic E-state index is -0.347. The Balaban J connectivity index is 1.77. The van der Waals surface area contributed by atoms with Gasteiger partial charge in [0.1, 0.15) is 0 Å². The Bertz CT molecular complexity index is 799. The zero-order chi connectivity index (χ0) is 16.1. The molecule has 3 aromatic rings. The van der Waals surface area contributed by atoms with E-state index >= 15 is 0 Å². The maximum absolute atomic E-state index is 11.6. The number of carbonyl (C=O) groups excluding carboxylic acids is 1. The molecule has 0 aliphatic rings. The zero-order valence-corrected chi connectivity index (χ0v) is 12.7. The van der Waals surface area contributed by atoms with E-state index in [-0.39, 0.29) is 5.97 Å². The second kappa shape index (κ2) is 6.75. The summed E-state index contributed by atoms with van der Waals surface area (Å²) in [5, 5.41) is 3.28. The molecule has 3 rings (SSSR count). The Labute approximate surface area is 134 Å². The van der Waals surface area contributed by atoms with Crippen LogP contribution in [0.2, 0.25) is 0 Å². The van der Waals surface area contributed by atoms with E-state index in [0.717, 1.165) is 22.5 Å². The fraction of sp³-hybridized carbons (Fsp3) is 0.0526. The lowest BCUT2D eigenvalue weighted by Gasteiger charge is -2.09. The van der Waals surface area contributed by atoms with Gasteiger partial charge in [0.15, 0.2) is 0 Å². The van der Waals surface area contributed by atoms with Gasteiger partial charge < -0.3 is 10.1 Å². The lowest BCUT2D eigenvalue weighted by molar-refractivity contribution is 0.0601. The van der Waals surface area contributed by atoms with Gasteiger partial charge in [0.05, 0.1) is 12.7 Å². The monoisotopic (exact) mass is 304 g/mol. The standard InChI is InChI=1S/C19H16N2O2/c1-23-19(22)15-4-2-6-18(12-15)21-17-9-7-14(8-10-17)16-5-3-11-20-13-16/h2-13,21H,1H3. The first-order valence-corrected chi connectivity index (χ1v) is 7.22. The Hall–Kier alpha value is -3.14. The highest BCUT2D eigenvalue weighted by Crippen LogP contribution is 2.23. The molecule has 114 valence electrons. The first kappa shape index (κ1) is 14.8. The van der Waals surface area contributed by atoms with Crippen LogP contribution in [0.4, 0.5) is 11.4 Å². The molecular weight excluding hydrogens is 288 g/mol. The number of hydrogen-bond acceptors (Lipinski definition) is 4. The smallest absolute Gasteiger partial charge is 0.337 e. The number of anilines is 2. The summed E-state index contributed by atoms with van der Waals surface area (Å²) in [6.45, 7) is 0. The molecule has 0 fully saturated rings.